The molecule has 0 aliphatic carbocycles. The van der Waals surface area contributed by atoms with E-state index in [-0.39, 0.29) is 5.82 Å². The Hall–Kier alpha value is -2.40. The first kappa shape index (κ1) is 15.1. The van der Waals surface area contributed by atoms with Gasteiger partial charge < -0.3 is 9.32 Å². The fraction of sp³-hybridized carbons (Fsp3) is 0.222. The first-order valence-electron chi connectivity index (χ1n) is 7.80. The molecule has 1 aliphatic rings. The molecule has 6 heteroatoms. The summed E-state index contributed by atoms with van der Waals surface area (Å²) in [5, 5.41) is 0.716. The summed E-state index contributed by atoms with van der Waals surface area (Å²) in [5.41, 5.74) is 2.51. The van der Waals surface area contributed by atoms with Crippen LogP contribution in [0.2, 0.25) is 5.02 Å². The molecular formula is C18H15ClFN3O. The molecule has 0 fully saturated rings. The molecule has 0 bridgehead atoms. The van der Waals surface area contributed by atoms with Crippen molar-refractivity contribution in [2.75, 3.05) is 11.4 Å². The molecule has 0 saturated heterocycles. The molecule has 4 nitrogen and oxygen atoms in total. The summed E-state index contributed by atoms with van der Waals surface area (Å²) >= 11 is 6.10. The maximum Gasteiger partial charge on any atom is 0.245 e. The van der Waals surface area contributed by atoms with Crippen molar-refractivity contribution in [1.82, 2.24) is 9.97 Å². The van der Waals surface area contributed by atoms with Gasteiger partial charge in [0.2, 0.25) is 5.89 Å². The van der Waals surface area contributed by atoms with Gasteiger partial charge in [-0.05, 0) is 36.8 Å². The van der Waals surface area contributed by atoms with Crippen molar-refractivity contribution in [3.05, 3.63) is 64.9 Å². The number of rotatable bonds is 2. The molecule has 3 aromatic rings. The number of hydrogen-bond acceptors (Lipinski definition) is 4. The van der Waals surface area contributed by atoms with E-state index >= 15 is 0 Å². The number of hydrogen-bond donors (Lipinski definition) is 0. The van der Waals surface area contributed by atoms with E-state index in [0.717, 1.165) is 36.5 Å². The van der Waals surface area contributed by atoms with Crippen molar-refractivity contribution >= 4 is 17.3 Å². The molecule has 24 heavy (non-hydrogen) atoms. The molecule has 2 aromatic heterocycles. The first-order chi connectivity index (χ1) is 11.7. The van der Waals surface area contributed by atoms with Crippen LogP contribution in [0.25, 0.3) is 11.6 Å². The van der Waals surface area contributed by atoms with Gasteiger partial charge in [0.05, 0.1) is 12.7 Å². The normalized spacial score (nSPS) is 14.3. The predicted octanol–water partition coefficient (Wildman–Crippen LogP) is 4.48. The van der Waals surface area contributed by atoms with Crippen molar-refractivity contribution in [3.8, 4) is 11.6 Å². The zero-order valence-corrected chi connectivity index (χ0v) is 13.6. The van der Waals surface area contributed by atoms with Crippen LogP contribution in [0.15, 0.2) is 47.0 Å². The number of aromatic nitrogens is 2. The number of halogens is 2. The highest BCUT2D eigenvalue weighted by molar-refractivity contribution is 6.30. The molecule has 1 aliphatic heterocycles. The minimum atomic E-state index is -0.376. The largest absolute Gasteiger partial charge is 0.440 e. The van der Waals surface area contributed by atoms with Crippen molar-refractivity contribution in [3.63, 3.8) is 0 Å². The van der Waals surface area contributed by atoms with Crippen LogP contribution in [-0.2, 0) is 13.0 Å². The van der Waals surface area contributed by atoms with Crippen LogP contribution >= 0.6 is 11.6 Å². The van der Waals surface area contributed by atoms with Gasteiger partial charge in [0.25, 0.3) is 0 Å². The van der Waals surface area contributed by atoms with E-state index in [9.17, 15) is 4.39 Å². The Labute approximate surface area is 143 Å². The molecule has 0 saturated carbocycles. The first-order valence-corrected chi connectivity index (χ1v) is 8.18. The van der Waals surface area contributed by atoms with Gasteiger partial charge in [-0.3, -0.25) is 0 Å². The van der Waals surface area contributed by atoms with E-state index in [2.05, 4.69) is 14.9 Å². The minimum Gasteiger partial charge on any atom is -0.440 e. The van der Waals surface area contributed by atoms with Crippen LogP contribution in [0.4, 0.5) is 10.1 Å². The molecule has 4 rings (SSSR count). The van der Waals surface area contributed by atoms with E-state index in [0.29, 0.717) is 23.2 Å². The summed E-state index contributed by atoms with van der Waals surface area (Å²) in [5.74, 6) is 0.938. The van der Waals surface area contributed by atoms with Gasteiger partial charge >= 0.3 is 0 Å². The highest BCUT2D eigenvalue weighted by atomic mass is 35.5. The molecule has 0 radical (unpaired) electrons. The Morgan fingerprint density at radius 3 is 2.92 bits per heavy atom. The zero-order chi connectivity index (χ0) is 16.5. The van der Waals surface area contributed by atoms with Gasteiger partial charge in [0.1, 0.15) is 23.0 Å². The van der Waals surface area contributed by atoms with Gasteiger partial charge in [0, 0.05) is 23.7 Å². The lowest BCUT2D eigenvalue weighted by Crippen LogP contribution is -2.22. The number of benzene rings is 1. The minimum absolute atomic E-state index is 0.376. The molecule has 1 aromatic carbocycles. The lowest BCUT2D eigenvalue weighted by Gasteiger charge is -2.22. The molecule has 0 spiro atoms. The number of anilines is 1. The van der Waals surface area contributed by atoms with Gasteiger partial charge in [0.15, 0.2) is 0 Å². The average Bonchev–Trinajstić information content (AvgIpc) is 2.87. The second kappa shape index (κ2) is 6.24. The summed E-state index contributed by atoms with van der Waals surface area (Å²) in [4.78, 5) is 10.9. The standard InChI is InChI=1S/C18H15ClFN3O/c19-12-3-1-4-14(9-12)23-8-2-5-17-16(11-23)22-18(24-17)15-7-6-13(20)10-21-15/h1,3-4,6-7,9-10H,2,5,8,11H2. The molecule has 122 valence electrons. The molecular weight excluding hydrogens is 329 g/mol. The van der Waals surface area contributed by atoms with E-state index < -0.39 is 0 Å². The summed E-state index contributed by atoms with van der Waals surface area (Å²) in [6.07, 6.45) is 2.95. The topological polar surface area (TPSA) is 42.2 Å². The van der Waals surface area contributed by atoms with Crippen molar-refractivity contribution in [2.45, 2.75) is 19.4 Å². The number of nitrogens with zero attached hydrogens (tertiary/aromatic N) is 3. The average molecular weight is 344 g/mol. The van der Waals surface area contributed by atoms with Crippen LogP contribution < -0.4 is 4.90 Å². The Morgan fingerprint density at radius 2 is 2.12 bits per heavy atom. The van der Waals surface area contributed by atoms with Crippen LogP contribution in [-0.4, -0.2) is 16.5 Å². The summed E-state index contributed by atoms with van der Waals surface area (Å²) < 4.78 is 18.9. The van der Waals surface area contributed by atoms with E-state index in [4.69, 9.17) is 16.0 Å². The Balaban J connectivity index is 1.64. The van der Waals surface area contributed by atoms with Gasteiger partial charge in [-0.15, -0.1) is 0 Å². The second-order valence-electron chi connectivity index (χ2n) is 5.76. The summed E-state index contributed by atoms with van der Waals surface area (Å²) in [7, 11) is 0. The smallest absolute Gasteiger partial charge is 0.245 e. The van der Waals surface area contributed by atoms with Gasteiger partial charge in [-0.1, -0.05) is 17.7 Å². The summed E-state index contributed by atoms with van der Waals surface area (Å²) in [6, 6.07) is 10.7. The Kier molecular flexibility index (Phi) is 3.94. The van der Waals surface area contributed by atoms with Crippen molar-refractivity contribution in [1.29, 1.82) is 0 Å². The highest BCUT2D eigenvalue weighted by Crippen LogP contribution is 2.28. The van der Waals surface area contributed by atoms with Crippen molar-refractivity contribution < 1.29 is 8.81 Å². The van der Waals surface area contributed by atoms with Gasteiger partial charge in [-0.25, -0.2) is 14.4 Å². The van der Waals surface area contributed by atoms with Crippen molar-refractivity contribution in [2.24, 2.45) is 0 Å². The molecule has 3 heterocycles. The van der Waals surface area contributed by atoms with E-state index in [1.807, 2.05) is 24.3 Å². The van der Waals surface area contributed by atoms with Gasteiger partial charge in [-0.2, -0.15) is 0 Å². The Bertz CT molecular complexity index is 863. The number of oxazole rings is 1. The zero-order valence-electron chi connectivity index (χ0n) is 12.9. The number of aryl methyl sites for hydroxylation is 1. The van der Waals surface area contributed by atoms with Crippen LogP contribution in [0.1, 0.15) is 17.9 Å². The maximum absolute atomic E-state index is 13.0. The van der Waals surface area contributed by atoms with Crippen LogP contribution in [0, 0.1) is 5.82 Å². The van der Waals surface area contributed by atoms with Crippen LogP contribution in [0.3, 0.4) is 0 Å². The monoisotopic (exact) mass is 343 g/mol. The lowest BCUT2D eigenvalue weighted by molar-refractivity contribution is 0.510. The number of pyridine rings is 1. The fourth-order valence-electron chi connectivity index (χ4n) is 2.90. The lowest BCUT2D eigenvalue weighted by atomic mass is 10.2. The SMILES string of the molecule is Fc1ccc(-c2nc3c(o2)CCCN(c2cccc(Cl)c2)C3)nc1. The van der Waals surface area contributed by atoms with E-state index in [1.54, 1.807) is 6.07 Å². The summed E-state index contributed by atoms with van der Waals surface area (Å²) in [6.45, 7) is 1.57. The molecule has 0 amide bonds. The quantitative estimate of drug-likeness (QED) is 0.688. The second-order valence-corrected chi connectivity index (χ2v) is 6.19. The third-order valence-corrected chi connectivity index (χ3v) is 4.31. The molecule has 0 unspecified atom stereocenters. The van der Waals surface area contributed by atoms with Crippen LogP contribution in [0.5, 0.6) is 0 Å². The third-order valence-electron chi connectivity index (χ3n) is 4.07. The molecule has 0 atom stereocenters. The highest BCUT2D eigenvalue weighted by Gasteiger charge is 2.21. The molecule has 0 N–H and O–H groups in total. The third kappa shape index (κ3) is 2.99. The van der Waals surface area contributed by atoms with E-state index in [1.165, 1.54) is 12.3 Å². The predicted molar refractivity (Wildman–Crippen MR) is 90.5 cm³/mol. The fourth-order valence-corrected chi connectivity index (χ4v) is 3.08. The maximum atomic E-state index is 13.0. The number of fused-ring (bicyclic) bond motifs is 1. The Morgan fingerprint density at radius 1 is 1.21 bits per heavy atom.